The molecule has 0 saturated carbocycles. The Hall–Kier alpha value is -1.56. The summed E-state index contributed by atoms with van der Waals surface area (Å²) >= 11 is 0. The van der Waals surface area contributed by atoms with Crippen LogP contribution in [0.25, 0.3) is 0 Å². The predicted molar refractivity (Wildman–Crippen MR) is 68.8 cm³/mol. The Morgan fingerprint density at radius 3 is 2.58 bits per heavy atom. The van der Waals surface area contributed by atoms with Crippen molar-refractivity contribution in [1.29, 1.82) is 0 Å². The molecule has 0 amide bonds. The van der Waals surface area contributed by atoms with Crippen molar-refractivity contribution in [3.05, 3.63) is 11.6 Å². The number of hydrogen-bond acceptors (Lipinski definition) is 6. The molecule has 1 saturated heterocycles. The van der Waals surface area contributed by atoms with Crippen LogP contribution in [0.3, 0.4) is 0 Å². The third-order valence-electron chi connectivity index (χ3n) is 3.67. The third-order valence-corrected chi connectivity index (χ3v) is 3.67. The van der Waals surface area contributed by atoms with Gasteiger partial charge in [-0.15, -0.1) is 0 Å². The van der Waals surface area contributed by atoms with E-state index in [0.717, 1.165) is 0 Å². The number of ether oxygens (including phenoxy) is 2. The highest BCUT2D eigenvalue weighted by atomic mass is 16.5. The number of carbonyl (C=O) groups is 1. The summed E-state index contributed by atoms with van der Waals surface area (Å²) in [5.41, 5.74) is 5.75. The van der Waals surface area contributed by atoms with Crippen LogP contribution in [0.1, 0.15) is 50.0 Å². The standard InChI is InChI=1S/C13H20N2O4/c1-5-17-13(16)10-11(14)19-12(15-10)9-6(2)7(3)18-8(9)4/h6-9H,5,14H2,1-4H3. The highest BCUT2D eigenvalue weighted by Gasteiger charge is 2.41. The first-order valence-corrected chi connectivity index (χ1v) is 6.54. The first-order chi connectivity index (χ1) is 8.95. The second-order valence-electron chi connectivity index (χ2n) is 4.92. The van der Waals surface area contributed by atoms with Crippen LogP contribution >= 0.6 is 0 Å². The molecule has 4 atom stereocenters. The maximum Gasteiger partial charge on any atom is 0.362 e. The second kappa shape index (κ2) is 5.21. The highest BCUT2D eigenvalue weighted by Crippen LogP contribution is 2.40. The van der Waals surface area contributed by atoms with E-state index in [1.165, 1.54) is 0 Å². The van der Waals surface area contributed by atoms with Crippen LogP contribution < -0.4 is 5.73 Å². The maximum atomic E-state index is 11.7. The number of carbonyl (C=O) groups excluding carboxylic acids is 1. The monoisotopic (exact) mass is 268 g/mol. The number of hydrogen-bond donors (Lipinski definition) is 1. The molecule has 0 aliphatic carbocycles. The van der Waals surface area contributed by atoms with Crippen LogP contribution in [0.2, 0.25) is 0 Å². The van der Waals surface area contributed by atoms with Crippen molar-refractivity contribution in [3.8, 4) is 0 Å². The average molecular weight is 268 g/mol. The smallest absolute Gasteiger partial charge is 0.362 e. The minimum atomic E-state index is -0.553. The van der Waals surface area contributed by atoms with Crippen molar-refractivity contribution in [3.63, 3.8) is 0 Å². The van der Waals surface area contributed by atoms with Crippen molar-refractivity contribution >= 4 is 11.9 Å². The van der Waals surface area contributed by atoms with Crippen molar-refractivity contribution in [1.82, 2.24) is 4.98 Å². The van der Waals surface area contributed by atoms with Gasteiger partial charge >= 0.3 is 5.97 Å². The molecule has 1 aromatic heterocycles. The summed E-state index contributed by atoms with van der Waals surface area (Å²) in [4.78, 5) is 15.9. The SMILES string of the molecule is CCOC(=O)c1nc(C2C(C)OC(C)C2C)oc1N. The topological polar surface area (TPSA) is 87.6 Å². The van der Waals surface area contributed by atoms with Gasteiger partial charge in [-0.2, -0.15) is 0 Å². The van der Waals surface area contributed by atoms with Gasteiger partial charge in [-0.05, 0) is 26.7 Å². The second-order valence-corrected chi connectivity index (χ2v) is 4.92. The van der Waals surface area contributed by atoms with Crippen molar-refractivity contribution in [2.24, 2.45) is 5.92 Å². The lowest BCUT2D eigenvalue weighted by atomic mass is 9.89. The van der Waals surface area contributed by atoms with Crippen LogP contribution in [0.5, 0.6) is 0 Å². The molecule has 4 unspecified atom stereocenters. The molecule has 6 heteroatoms. The fourth-order valence-electron chi connectivity index (χ4n) is 2.53. The Bertz CT molecular complexity index is 471. The summed E-state index contributed by atoms with van der Waals surface area (Å²) in [6.45, 7) is 8.06. The molecule has 1 fully saturated rings. The zero-order chi connectivity index (χ0) is 14.2. The lowest BCUT2D eigenvalue weighted by Gasteiger charge is -2.13. The number of aromatic nitrogens is 1. The van der Waals surface area contributed by atoms with Crippen LogP contribution in [-0.4, -0.2) is 29.8 Å². The molecule has 2 heterocycles. The molecule has 0 aromatic carbocycles. The van der Waals surface area contributed by atoms with Crippen LogP contribution in [-0.2, 0) is 9.47 Å². The fraction of sp³-hybridized carbons (Fsp3) is 0.692. The molecule has 0 radical (unpaired) electrons. The number of oxazole rings is 1. The normalized spacial score (nSPS) is 30.5. The molecule has 0 spiro atoms. The summed E-state index contributed by atoms with van der Waals surface area (Å²) in [7, 11) is 0. The summed E-state index contributed by atoms with van der Waals surface area (Å²) < 4.78 is 16.1. The quantitative estimate of drug-likeness (QED) is 0.843. The van der Waals surface area contributed by atoms with Gasteiger partial charge in [0.05, 0.1) is 24.7 Å². The number of nitrogens with two attached hydrogens (primary N) is 1. The largest absolute Gasteiger partial charge is 0.461 e. The van der Waals surface area contributed by atoms with E-state index in [0.29, 0.717) is 5.89 Å². The van der Waals surface area contributed by atoms with E-state index in [1.807, 2.05) is 13.8 Å². The summed E-state index contributed by atoms with van der Waals surface area (Å²) in [5, 5.41) is 0. The van der Waals surface area contributed by atoms with Gasteiger partial charge in [0.25, 0.3) is 0 Å². The summed E-state index contributed by atoms with van der Waals surface area (Å²) in [6.07, 6.45) is 0.109. The molecular formula is C13H20N2O4. The van der Waals surface area contributed by atoms with E-state index in [9.17, 15) is 4.79 Å². The van der Waals surface area contributed by atoms with E-state index in [4.69, 9.17) is 19.6 Å². The minimum absolute atomic E-state index is 0.000441. The van der Waals surface area contributed by atoms with Gasteiger partial charge in [-0.25, -0.2) is 9.78 Å². The van der Waals surface area contributed by atoms with Gasteiger partial charge in [0.15, 0.2) is 0 Å². The number of nitrogen functional groups attached to an aromatic ring is 1. The molecule has 106 valence electrons. The number of rotatable bonds is 3. The fourth-order valence-corrected chi connectivity index (χ4v) is 2.53. The molecule has 2 rings (SSSR count). The number of esters is 1. The number of anilines is 1. The summed E-state index contributed by atoms with van der Waals surface area (Å²) in [5.74, 6) is 0.156. The van der Waals surface area contributed by atoms with Crippen LogP contribution in [0, 0.1) is 5.92 Å². The highest BCUT2D eigenvalue weighted by molar-refractivity contribution is 5.91. The zero-order valence-corrected chi connectivity index (χ0v) is 11.7. The molecule has 1 aliphatic rings. The zero-order valence-electron chi connectivity index (χ0n) is 11.7. The molecule has 1 aliphatic heterocycles. The third kappa shape index (κ3) is 2.45. The molecule has 6 nitrogen and oxygen atoms in total. The lowest BCUT2D eigenvalue weighted by Crippen LogP contribution is -2.16. The van der Waals surface area contributed by atoms with E-state index in [1.54, 1.807) is 6.92 Å². The van der Waals surface area contributed by atoms with Gasteiger partial charge in [-0.1, -0.05) is 6.92 Å². The van der Waals surface area contributed by atoms with Crippen LogP contribution in [0.4, 0.5) is 5.88 Å². The maximum absolute atomic E-state index is 11.7. The van der Waals surface area contributed by atoms with Crippen molar-refractivity contribution in [2.75, 3.05) is 12.3 Å². The predicted octanol–water partition coefficient (Wildman–Crippen LogP) is 1.96. The average Bonchev–Trinajstić information content (AvgIpc) is 2.81. The Kier molecular flexibility index (Phi) is 3.80. The molecule has 1 aromatic rings. The Morgan fingerprint density at radius 1 is 1.37 bits per heavy atom. The van der Waals surface area contributed by atoms with Crippen molar-refractivity contribution in [2.45, 2.75) is 45.8 Å². The minimum Gasteiger partial charge on any atom is -0.461 e. The van der Waals surface area contributed by atoms with E-state index in [2.05, 4.69) is 11.9 Å². The summed E-state index contributed by atoms with van der Waals surface area (Å²) in [6, 6.07) is 0. The van der Waals surface area contributed by atoms with E-state index in [-0.39, 0.29) is 42.2 Å². The first kappa shape index (κ1) is 13.9. The Labute approximate surface area is 112 Å². The first-order valence-electron chi connectivity index (χ1n) is 6.54. The van der Waals surface area contributed by atoms with E-state index >= 15 is 0 Å². The van der Waals surface area contributed by atoms with E-state index < -0.39 is 5.97 Å². The molecular weight excluding hydrogens is 248 g/mol. The van der Waals surface area contributed by atoms with Gasteiger partial charge in [0.2, 0.25) is 17.5 Å². The Morgan fingerprint density at radius 2 is 2.05 bits per heavy atom. The molecule has 2 N–H and O–H groups in total. The van der Waals surface area contributed by atoms with Gasteiger partial charge in [0, 0.05) is 0 Å². The Balaban J connectivity index is 2.27. The van der Waals surface area contributed by atoms with Crippen LogP contribution in [0.15, 0.2) is 4.42 Å². The lowest BCUT2D eigenvalue weighted by molar-refractivity contribution is 0.0517. The number of nitrogens with zero attached hydrogens (tertiary/aromatic N) is 1. The molecule has 19 heavy (non-hydrogen) atoms. The van der Waals surface area contributed by atoms with Gasteiger partial charge in [-0.3, -0.25) is 0 Å². The van der Waals surface area contributed by atoms with Crippen molar-refractivity contribution < 1.29 is 18.7 Å². The van der Waals surface area contributed by atoms with Gasteiger partial charge < -0.3 is 19.6 Å². The van der Waals surface area contributed by atoms with Gasteiger partial charge in [0.1, 0.15) is 0 Å². The molecule has 0 bridgehead atoms.